The Morgan fingerprint density at radius 2 is 1.62 bits per heavy atom. The lowest BCUT2D eigenvalue weighted by Gasteiger charge is -2.36. The maximum Gasteiger partial charge on any atom is 0.341 e. The molecule has 0 aromatic carbocycles. The number of carbonyl (C=O) groups is 2. The van der Waals surface area contributed by atoms with Crippen molar-refractivity contribution in [1.29, 1.82) is 0 Å². The smallest absolute Gasteiger partial charge is 0.341 e. The summed E-state index contributed by atoms with van der Waals surface area (Å²) in [7, 11) is -0.228. The van der Waals surface area contributed by atoms with Crippen LogP contribution in [0.1, 0.15) is 48.0 Å². The number of hydrogen-bond acceptors (Lipinski definition) is 6. The Kier molecular flexibility index (Phi) is 6.28. The minimum Gasteiger partial charge on any atom is -0.467 e. The Morgan fingerprint density at radius 1 is 1.08 bits per heavy atom. The summed E-state index contributed by atoms with van der Waals surface area (Å²) in [6.07, 6.45) is 0.333. The highest BCUT2D eigenvalue weighted by Gasteiger charge is 2.62. The highest BCUT2D eigenvalue weighted by Crippen LogP contribution is 2.44. The number of hydrogen-bond donors (Lipinski definition) is 0. The molecule has 1 rings (SSSR count). The minimum atomic E-state index is -1.53. The van der Waals surface area contributed by atoms with Crippen molar-refractivity contribution < 1.29 is 23.6 Å². The van der Waals surface area contributed by atoms with Crippen LogP contribution in [0.5, 0.6) is 0 Å². The molecule has 7 heteroatoms. The average Bonchev–Trinajstić information content (AvgIpc) is 2.75. The molecule has 0 radical (unpaired) electrons. The van der Waals surface area contributed by atoms with Crippen molar-refractivity contribution in [2.45, 2.75) is 72.2 Å². The van der Waals surface area contributed by atoms with E-state index in [9.17, 15) is 9.59 Å². The molecule has 140 valence electrons. The first-order valence-corrected chi connectivity index (χ1v) is 11.3. The Balaban J connectivity index is 3.34. The van der Waals surface area contributed by atoms with Gasteiger partial charge in [-0.05, 0) is 51.6 Å². The standard InChI is InChI=1S/C17H33NO5Si/c1-15(2,3)12-10-17(13(19)21-7,14(20)22-16(4,5)6)18(11-12)23-24(8)9/h12,24H,10-11H2,1-9H3/t12?,17-/m0/s1. The quantitative estimate of drug-likeness (QED) is 0.437. The van der Waals surface area contributed by atoms with Crippen molar-refractivity contribution in [3.05, 3.63) is 0 Å². The third-order valence-corrected chi connectivity index (χ3v) is 4.85. The summed E-state index contributed by atoms with van der Waals surface area (Å²) < 4.78 is 16.6. The van der Waals surface area contributed by atoms with Gasteiger partial charge in [-0.15, -0.1) is 0 Å². The summed E-state index contributed by atoms with van der Waals surface area (Å²) in [5.74, 6) is -1.10. The van der Waals surface area contributed by atoms with Crippen LogP contribution in [0, 0.1) is 11.3 Å². The van der Waals surface area contributed by atoms with E-state index >= 15 is 0 Å². The molecule has 0 spiro atoms. The molecular formula is C17H33NO5Si. The number of esters is 2. The maximum absolute atomic E-state index is 13.0. The van der Waals surface area contributed by atoms with Gasteiger partial charge in [-0.3, -0.25) is 0 Å². The molecule has 1 unspecified atom stereocenters. The van der Waals surface area contributed by atoms with E-state index in [1.54, 1.807) is 25.8 Å². The Hall–Kier alpha value is -0.923. The summed E-state index contributed by atoms with van der Waals surface area (Å²) in [6, 6.07) is 0. The molecule has 2 atom stereocenters. The van der Waals surface area contributed by atoms with Crippen LogP contribution in [-0.4, -0.2) is 50.8 Å². The van der Waals surface area contributed by atoms with Gasteiger partial charge in [0.1, 0.15) is 5.60 Å². The summed E-state index contributed by atoms with van der Waals surface area (Å²) in [4.78, 5) is 25.7. The van der Waals surface area contributed by atoms with Gasteiger partial charge in [-0.25, -0.2) is 9.59 Å². The second-order valence-corrected chi connectivity index (χ2v) is 11.1. The van der Waals surface area contributed by atoms with E-state index in [1.165, 1.54) is 7.11 Å². The minimum absolute atomic E-state index is 0.0715. The van der Waals surface area contributed by atoms with E-state index in [0.29, 0.717) is 13.0 Å². The third-order valence-electron chi connectivity index (χ3n) is 4.18. The second kappa shape index (κ2) is 7.13. The zero-order valence-electron chi connectivity index (χ0n) is 16.6. The number of rotatable bonds is 4. The number of methoxy groups -OCH3 is 1. The monoisotopic (exact) mass is 359 g/mol. The largest absolute Gasteiger partial charge is 0.467 e. The molecule has 0 aliphatic carbocycles. The predicted octanol–water partition coefficient (Wildman–Crippen LogP) is 2.52. The number of ether oxygens (including phenoxy) is 2. The molecule has 1 heterocycles. The molecule has 0 amide bonds. The molecule has 0 aromatic rings. The molecular weight excluding hydrogens is 326 g/mol. The van der Waals surface area contributed by atoms with Gasteiger partial charge in [0.15, 0.2) is 9.04 Å². The van der Waals surface area contributed by atoms with Gasteiger partial charge < -0.3 is 14.0 Å². The first-order valence-electron chi connectivity index (χ1n) is 8.50. The molecule has 1 aliphatic rings. The Labute approximate surface area is 147 Å². The van der Waals surface area contributed by atoms with E-state index in [-0.39, 0.29) is 11.3 Å². The first kappa shape index (κ1) is 21.1. The van der Waals surface area contributed by atoms with Gasteiger partial charge in [0.05, 0.1) is 7.11 Å². The Morgan fingerprint density at radius 3 is 2.00 bits per heavy atom. The van der Waals surface area contributed by atoms with Crippen molar-refractivity contribution in [3.63, 3.8) is 0 Å². The van der Waals surface area contributed by atoms with Crippen LogP contribution in [0.25, 0.3) is 0 Å². The van der Waals surface area contributed by atoms with Gasteiger partial charge in [-0.2, -0.15) is 5.06 Å². The summed E-state index contributed by atoms with van der Waals surface area (Å²) >= 11 is 0. The lowest BCUT2D eigenvalue weighted by atomic mass is 9.77. The number of nitrogens with zero attached hydrogens (tertiary/aromatic N) is 1. The highest BCUT2D eigenvalue weighted by atomic mass is 28.3. The number of hydroxylamine groups is 2. The van der Waals surface area contributed by atoms with Gasteiger partial charge in [0, 0.05) is 6.54 Å². The molecule has 6 nitrogen and oxygen atoms in total. The molecule has 1 aliphatic heterocycles. The fourth-order valence-electron chi connectivity index (χ4n) is 2.83. The van der Waals surface area contributed by atoms with Crippen LogP contribution in [0.15, 0.2) is 0 Å². The van der Waals surface area contributed by atoms with Crippen molar-refractivity contribution >= 4 is 21.0 Å². The number of carbonyl (C=O) groups excluding carboxylic acids is 2. The highest BCUT2D eigenvalue weighted by molar-refractivity contribution is 6.48. The molecule has 0 N–H and O–H groups in total. The SMILES string of the molecule is COC(=O)[C@]1(C(=O)OC(C)(C)C)CC(C(C)(C)C)CN1O[SiH](C)C. The fraction of sp³-hybridized carbons (Fsp3) is 0.882. The van der Waals surface area contributed by atoms with Crippen LogP contribution in [0.3, 0.4) is 0 Å². The molecule has 0 bridgehead atoms. The van der Waals surface area contributed by atoms with Gasteiger partial charge >= 0.3 is 11.9 Å². The zero-order valence-corrected chi connectivity index (χ0v) is 17.7. The van der Waals surface area contributed by atoms with Crippen molar-refractivity contribution in [2.75, 3.05) is 13.7 Å². The van der Waals surface area contributed by atoms with E-state index in [4.69, 9.17) is 14.0 Å². The Bertz CT molecular complexity index is 480. The summed E-state index contributed by atoms with van der Waals surface area (Å²) in [5, 5.41) is 1.54. The molecule has 0 saturated carbocycles. The van der Waals surface area contributed by atoms with E-state index in [2.05, 4.69) is 20.8 Å². The van der Waals surface area contributed by atoms with Crippen LogP contribution < -0.4 is 0 Å². The van der Waals surface area contributed by atoms with E-state index in [0.717, 1.165) is 0 Å². The third kappa shape index (κ3) is 4.58. The predicted molar refractivity (Wildman–Crippen MR) is 94.8 cm³/mol. The van der Waals surface area contributed by atoms with Crippen molar-refractivity contribution in [1.82, 2.24) is 5.06 Å². The average molecular weight is 360 g/mol. The van der Waals surface area contributed by atoms with Crippen LogP contribution in [-0.2, 0) is 23.6 Å². The van der Waals surface area contributed by atoms with Crippen LogP contribution in [0.4, 0.5) is 0 Å². The van der Waals surface area contributed by atoms with Crippen molar-refractivity contribution in [3.8, 4) is 0 Å². The zero-order chi connectivity index (χ0) is 18.9. The van der Waals surface area contributed by atoms with Crippen molar-refractivity contribution in [2.24, 2.45) is 11.3 Å². The summed E-state index contributed by atoms with van der Waals surface area (Å²) in [6.45, 7) is 16.2. The van der Waals surface area contributed by atoms with E-state index < -0.39 is 32.1 Å². The lowest BCUT2D eigenvalue weighted by Crippen LogP contribution is -2.59. The normalized spacial score (nSPS) is 25.8. The van der Waals surface area contributed by atoms with Crippen LogP contribution in [0.2, 0.25) is 13.1 Å². The molecule has 1 fully saturated rings. The molecule has 0 aromatic heterocycles. The first-order chi connectivity index (χ1) is 10.7. The van der Waals surface area contributed by atoms with Gasteiger partial charge in [0.25, 0.3) is 0 Å². The van der Waals surface area contributed by atoms with Gasteiger partial charge in [-0.1, -0.05) is 20.8 Å². The topological polar surface area (TPSA) is 65.1 Å². The second-order valence-electron chi connectivity index (χ2n) is 8.84. The van der Waals surface area contributed by atoms with Crippen LogP contribution >= 0.6 is 0 Å². The molecule has 24 heavy (non-hydrogen) atoms. The maximum atomic E-state index is 13.0. The molecule has 1 saturated heterocycles. The fourth-order valence-corrected chi connectivity index (χ4v) is 3.61. The lowest BCUT2D eigenvalue weighted by molar-refractivity contribution is -0.201. The summed E-state index contributed by atoms with van der Waals surface area (Å²) in [5.41, 5.74) is -2.30. The van der Waals surface area contributed by atoms with Gasteiger partial charge in [0.2, 0.25) is 5.54 Å². The van der Waals surface area contributed by atoms with E-state index in [1.807, 2.05) is 13.1 Å².